The third-order valence-electron chi connectivity index (χ3n) is 3.13. The highest BCUT2D eigenvalue weighted by Crippen LogP contribution is 2.27. The van der Waals surface area contributed by atoms with Gasteiger partial charge in [0.2, 0.25) is 0 Å². The molecule has 0 atom stereocenters. The minimum Gasteiger partial charge on any atom is -0.481 e. The maximum atomic E-state index is 11.8. The highest BCUT2D eigenvalue weighted by atomic mass is 16.4. The van der Waals surface area contributed by atoms with Crippen LogP contribution in [0.2, 0.25) is 0 Å². The molecule has 5 nitrogen and oxygen atoms in total. The molecule has 1 aliphatic carbocycles. The highest BCUT2D eigenvalue weighted by Gasteiger charge is 2.35. The quantitative estimate of drug-likeness (QED) is 0.830. The van der Waals surface area contributed by atoms with Crippen LogP contribution in [-0.2, 0) is 11.2 Å². The first-order valence-corrected chi connectivity index (χ1v) is 5.71. The second-order valence-corrected chi connectivity index (χ2v) is 4.29. The summed E-state index contributed by atoms with van der Waals surface area (Å²) < 4.78 is 5.17. The maximum Gasteiger partial charge on any atom is 0.306 e. The largest absolute Gasteiger partial charge is 0.481 e. The van der Waals surface area contributed by atoms with Gasteiger partial charge in [0.05, 0.1) is 17.7 Å². The highest BCUT2D eigenvalue weighted by molar-refractivity contribution is 5.95. The number of aryl methyl sites for hydroxylation is 1. The lowest BCUT2D eigenvalue weighted by molar-refractivity contribution is -0.145. The van der Waals surface area contributed by atoms with Crippen LogP contribution in [0, 0.1) is 5.92 Å². The third kappa shape index (κ3) is 2.33. The number of nitrogens with one attached hydrogen (secondary N) is 1. The fraction of sp³-hybridized carbons (Fsp3) is 0.500. The Labute approximate surface area is 98.8 Å². The van der Waals surface area contributed by atoms with E-state index in [9.17, 15) is 9.59 Å². The first-order chi connectivity index (χ1) is 8.11. The monoisotopic (exact) mass is 237 g/mol. The van der Waals surface area contributed by atoms with Gasteiger partial charge in [-0.25, -0.2) is 0 Å². The van der Waals surface area contributed by atoms with Crippen LogP contribution in [0.4, 0.5) is 0 Å². The molecule has 0 aliphatic heterocycles. The summed E-state index contributed by atoms with van der Waals surface area (Å²) in [6.45, 7) is 1.92. The predicted molar refractivity (Wildman–Crippen MR) is 59.7 cm³/mol. The lowest BCUT2D eigenvalue weighted by Crippen LogP contribution is -2.46. The molecule has 5 heteroatoms. The molecule has 1 fully saturated rings. The average Bonchev–Trinajstić information content (AvgIpc) is 2.69. The topological polar surface area (TPSA) is 79.5 Å². The van der Waals surface area contributed by atoms with Crippen LogP contribution in [0.15, 0.2) is 16.7 Å². The Hall–Kier alpha value is -1.78. The zero-order chi connectivity index (χ0) is 12.4. The number of hydrogen-bond acceptors (Lipinski definition) is 3. The summed E-state index contributed by atoms with van der Waals surface area (Å²) in [4.78, 5) is 22.5. The molecule has 0 bridgehead atoms. The van der Waals surface area contributed by atoms with E-state index < -0.39 is 5.97 Å². The Morgan fingerprint density at radius 2 is 2.24 bits per heavy atom. The third-order valence-corrected chi connectivity index (χ3v) is 3.13. The molecular formula is C12H15NO4. The fourth-order valence-electron chi connectivity index (χ4n) is 2.02. The Morgan fingerprint density at radius 3 is 2.82 bits per heavy atom. The molecule has 0 spiro atoms. The van der Waals surface area contributed by atoms with Gasteiger partial charge in [-0.15, -0.1) is 0 Å². The zero-order valence-corrected chi connectivity index (χ0v) is 9.60. The SMILES string of the molecule is CCc1occc1C(=O)NC1CC(C(=O)O)C1. The molecular weight excluding hydrogens is 222 g/mol. The van der Waals surface area contributed by atoms with E-state index in [0.29, 0.717) is 30.6 Å². The summed E-state index contributed by atoms with van der Waals surface area (Å²) >= 11 is 0. The van der Waals surface area contributed by atoms with Crippen LogP contribution in [0.25, 0.3) is 0 Å². The number of carbonyl (C=O) groups is 2. The number of carbonyl (C=O) groups excluding carboxylic acids is 1. The van der Waals surface area contributed by atoms with E-state index in [1.807, 2.05) is 6.92 Å². The number of carboxylic acid groups (broad SMARTS) is 1. The van der Waals surface area contributed by atoms with Crippen molar-refractivity contribution in [3.05, 3.63) is 23.7 Å². The molecule has 1 aromatic heterocycles. The molecule has 0 radical (unpaired) electrons. The summed E-state index contributed by atoms with van der Waals surface area (Å²) in [5.41, 5.74) is 0.547. The van der Waals surface area contributed by atoms with Crippen LogP contribution in [0.5, 0.6) is 0 Å². The van der Waals surface area contributed by atoms with Crippen molar-refractivity contribution >= 4 is 11.9 Å². The second-order valence-electron chi connectivity index (χ2n) is 4.29. The van der Waals surface area contributed by atoms with Crippen molar-refractivity contribution in [2.45, 2.75) is 32.2 Å². The number of carboxylic acids is 1. The van der Waals surface area contributed by atoms with E-state index in [2.05, 4.69) is 5.32 Å². The maximum absolute atomic E-state index is 11.8. The predicted octanol–water partition coefficient (Wildman–Crippen LogP) is 1.44. The molecule has 1 aliphatic rings. The number of rotatable bonds is 4. The van der Waals surface area contributed by atoms with Gasteiger partial charge in [0.25, 0.3) is 5.91 Å². The standard InChI is InChI=1S/C12H15NO4/c1-2-10-9(3-4-17-10)11(14)13-8-5-7(6-8)12(15)16/h3-4,7-8H,2,5-6H2,1H3,(H,13,14)(H,15,16). The van der Waals surface area contributed by atoms with Crippen molar-refractivity contribution in [3.8, 4) is 0 Å². The Kier molecular flexibility index (Phi) is 3.17. The van der Waals surface area contributed by atoms with Crippen LogP contribution < -0.4 is 5.32 Å². The van der Waals surface area contributed by atoms with E-state index in [1.165, 1.54) is 6.26 Å². The van der Waals surface area contributed by atoms with Gasteiger partial charge >= 0.3 is 5.97 Å². The van der Waals surface area contributed by atoms with Crippen molar-refractivity contribution in [1.29, 1.82) is 0 Å². The van der Waals surface area contributed by atoms with Crippen molar-refractivity contribution in [3.63, 3.8) is 0 Å². The molecule has 0 saturated heterocycles. The van der Waals surface area contributed by atoms with Gasteiger partial charge in [0.1, 0.15) is 5.76 Å². The van der Waals surface area contributed by atoms with Crippen molar-refractivity contribution in [2.24, 2.45) is 5.92 Å². The van der Waals surface area contributed by atoms with Gasteiger partial charge in [-0.2, -0.15) is 0 Å². The van der Waals surface area contributed by atoms with E-state index >= 15 is 0 Å². The fourth-order valence-corrected chi connectivity index (χ4v) is 2.02. The molecule has 0 unspecified atom stereocenters. The van der Waals surface area contributed by atoms with Gasteiger partial charge in [-0.05, 0) is 18.9 Å². The van der Waals surface area contributed by atoms with Crippen molar-refractivity contribution < 1.29 is 19.1 Å². The molecule has 17 heavy (non-hydrogen) atoms. The Bertz CT molecular complexity index is 431. The summed E-state index contributed by atoms with van der Waals surface area (Å²) in [6.07, 6.45) is 3.19. The molecule has 1 heterocycles. The van der Waals surface area contributed by atoms with Crippen molar-refractivity contribution in [2.75, 3.05) is 0 Å². The van der Waals surface area contributed by atoms with Crippen LogP contribution in [0.1, 0.15) is 35.9 Å². The number of furan rings is 1. The minimum atomic E-state index is -0.784. The summed E-state index contributed by atoms with van der Waals surface area (Å²) in [6, 6.07) is 1.62. The van der Waals surface area contributed by atoms with Gasteiger partial charge in [-0.3, -0.25) is 9.59 Å². The first-order valence-electron chi connectivity index (χ1n) is 5.71. The van der Waals surface area contributed by atoms with Crippen molar-refractivity contribution in [1.82, 2.24) is 5.32 Å². The average molecular weight is 237 g/mol. The number of aliphatic carboxylic acids is 1. The van der Waals surface area contributed by atoms with Gasteiger partial charge in [0, 0.05) is 12.5 Å². The second kappa shape index (κ2) is 4.61. The first kappa shape index (κ1) is 11.7. The Balaban J connectivity index is 1.89. The molecule has 1 amide bonds. The molecule has 92 valence electrons. The normalized spacial score (nSPS) is 22.9. The van der Waals surface area contributed by atoms with Crippen LogP contribution >= 0.6 is 0 Å². The summed E-state index contributed by atoms with van der Waals surface area (Å²) in [5, 5.41) is 11.5. The molecule has 1 saturated carbocycles. The zero-order valence-electron chi connectivity index (χ0n) is 9.60. The lowest BCUT2D eigenvalue weighted by atomic mass is 9.80. The Morgan fingerprint density at radius 1 is 1.53 bits per heavy atom. The lowest BCUT2D eigenvalue weighted by Gasteiger charge is -2.32. The summed E-state index contributed by atoms with van der Waals surface area (Å²) in [7, 11) is 0. The number of hydrogen-bond donors (Lipinski definition) is 2. The van der Waals surface area contributed by atoms with E-state index in [1.54, 1.807) is 6.07 Å². The van der Waals surface area contributed by atoms with Crippen LogP contribution in [-0.4, -0.2) is 23.0 Å². The van der Waals surface area contributed by atoms with E-state index in [0.717, 1.165) is 0 Å². The van der Waals surface area contributed by atoms with Gasteiger partial charge in [0.15, 0.2) is 0 Å². The molecule has 1 aromatic rings. The molecule has 0 aromatic carbocycles. The van der Waals surface area contributed by atoms with E-state index in [4.69, 9.17) is 9.52 Å². The van der Waals surface area contributed by atoms with E-state index in [-0.39, 0.29) is 17.9 Å². The minimum absolute atomic E-state index is 0.0248. The smallest absolute Gasteiger partial charge is 0.306 e. The summed E-state index contributed by atoms with van der Waals surface area (Å²) in [5.74, 6) is -0.607. The number of amides is 1. The van der Waals surface area contributed by atoms with Gasteiger partial charge in [-0.1, -0.05) is 6.92 Å². The van der Waals surface area contributed by atoms with Crippen LogP contribution in [0.3, 0.4) is 0 Å². The molecule has 2 N–H and O–H groups in total. The van der Waals surface area contributed by atoms with Gasteiger partial charge < -0.3 is 14.8 Å². The molecule has 2 rings (SSSR count).